The van der Waals surface area contributed by atoms with Crippen LogP contribution in [0.1, 0.15) is 51.3 Å². The maximum Gasteiger partial charge on any atom is 0.416 e. The number of aryl methyl sites for hydroxylation is 1. The molecule has 3 N–H and O–H groups in total. The number of aliphatic hydroxyl groups excluding tert-OH is 1. The quantitative estimate of drug-likeness (QED) is 0.231. The van der Waals surface area contributed by atoms with Gasteiger partial charge in [0.05, 0.1) is 24.4 Å². The van der Waals surface area contributed by atoms with Gasteiger partial charge in [0.1, 0.15) is 17.1 Å². The predicted octanol–water partition coefficient (Wildman–Crippen LogP) is 6.46. The van der Waals surface area contributed by atoms with Gasteiger partial charge in [0.2, 0.25) is 0 Å². The number of rotatable bonds is 10. The van der Waals surface area contributed by atoms with Crippen LogP contribution < -0.4 is 5.32 Å². The third kappa shape index (κ3) is 6.04. The number of fused-ring (bicyclic) bond motifs is 1. The first-order valence-corrected chi connectivity index (χ1v) is 12.1. The first-order valence-electron chi connectivity index (χ1n) is 12.1. The Hall–Kier alpha value is -3.40. The van der Waals surface area contributed by atoms with Crippen molar-refractivity contribution in [3.05, 3.63) is 47.8 Å². The number of unbranched alkanes of at least 4 members (excludes halogenated alkanes) is 1. The number of halogens is 3. The molecule has 1 atom stereocenters. The van der Waals surface area contributed by atoms with E-state index in [1.165, 1.54) is 6.07 Å². The highest BCUT2D eigenvalue weighted by Gasteiger charge is 2.30. The van der Waals surface area contributed by atoms with E-state index in [4.69, 9.17) is 4.42 Å². The number of furan rings is 1. The van der Waals surface area contributed by atoms with Gasteiger partial charge in [-0.1, -0.05) is 27.2 Å². The molecule has 1 aromatic carbocycles. The van der Waals surface area contributed by atoms with Crippen molar-refractivity contribution < 1.29 is 22.7 Å². The summed E-state index contributed by atoms with van der Waals surface area (Å²) in [6, 6.07) is 6.67. The van der Waals surface area contributed by atoms with Crippen molar-refractivity contribution in [1.82, 2.24) is 19.9 Å². The van der Waals surface area contributed by atoms with Gasteiger partial charge in [0, 0.05) is 17.1 Å². The molecule has 3 heterocycles. The lowest BCUT2D eigenvalue weighted by Crippen LogP contribution is -2.26. The zero-order valence-corrected chi connectivity index (χ0v) is 20.5. The highest BCUT2D eigenvalue weighted by molar-refractivity contribution is 5.83. The van der Waals surface area contributed by atoms with Gasteiger partial charge in [-0.15, -0.1) is 0 Å². The summed E-state index contributed by atoms with van der Waals surface area (Å²) in [5.74, 6) is 2.16. The van der Waals surface area contributed by atoms with Gasteiger partial charge in [-0.25, -0.2) is 15.0 Å². The molecule has 0 saturated heterocycles. The number of benzene rings is 1. The lowest BCUT2D eigenvalue weighted by atomic mass is 10.0. The zero-order valence-electron chi connectivity index (χ0n) is 20.5. The molecule has 192 valence electrons. The van der Waals surface area contributed by atoms with Crippen LogP contribution in [0.4, 0.5) is 19.0 Å². The second-order valence-corrected chi connectivity index (χ2v) is 9.33. The third-order valence-corrected chi connectivity index (χ3v) is 5.79. The smallest absolute Gasteiger partial charge is 0.416 e. The minimum Gasteiger partial charge on any atom is -0.454 e. The van der Waals surface area contributed by atoms with E-state index in [0.29, 0.717) is 45.8 Å². The molecule has 3 aromatic heterocycles. The molecule has 1 unspecified atom stereocenters. The third-order valence-electron chi connectivity index (χ3n) is 5.79. The fourth-order valence-electron chi connectivity index (χ4n) is 4.03. The van der Waals surface area contributed by atoms with Crippen molar-refractivity contribution in [2.75, 3.05) is 11.9 Å². The van der Waals surface area contributed by atoms with Gasteiger partial charge in [-0.05, 0) is 49.4 Å². The van der Waals surface area contributed by atoms with Crippen LogP contribution in [0, 0.1) is 5.92 Å². The van der Waals surface area contributed by atoms with Crippen LogP contribution in [0.25, 0.3) is 34.1 Å². The van der Waals surface area contributed by atoms with Crippen molar-refractivity contribution in [3.8, 4) is 23.1 Å². The molecule has 0 fully saturated rings. The number of aromatic amines is 1. The summed E-state index contributed by atoms with van der Waals surface area (Å²) >= 11 is 0. The van der Waals surface area contributed by atoms with Crippen molar-refractivity contribution in [2.24, 2.45) is 5.92 Å². The number of aromatic nitrogens is 4. The number of nitrogens with zero attached hydrogens (tertiary/aromatic N) is 3. The maximum atomic E-state index is 13.1. The van der Waals surface area contributed by atoms with Crippen LogP contribution >= 0.6 is 0 Å². The van der Waals surface area contributed by atoms with Crippen LogP contribution in [-0.2, 0) is 12.6 Å². The molecular formula is C26H30F3N5O2. The number of nitrogens with one attached hydrogen (secondary N) is 2. The number of hydrogen-bond donors (Lipinski definition) is 3. The van der Waals surface area contributed by atoms with E-state index < -0.39 is 11.7 Å². The Bertz CT molecular complexity index is 1310. The Labute approximate surface area is 207 Å². The molecule has 4 rings (SSSR count). The lowest BCUT2D eigenvalue weighted by molar-refractivity contribution is -0.137. The monoisotopic (exact) mass is 501 g/mol. The van der Waals surface area contributed by atoms with Gasteiger partial charge in [-0.3, -0.25) is 0 Å². The second-order valence-electron chi connectivity index (χ2n) is 9.33. The largest absolute Gasteiger partial charge is 0.454 e. The zero-order chi connectivity index (χ0) is 25.9. The minimum absolute atomic E-state index is 0.0190. The highest BCUT2D eigenvalue weighted by Crippen LogP contribution is 2.34. The van der Waals surface area contributed by atoms with Crippen LogP contribution in [0.5, 0.6) is 0 Å². The molecule has 36 heavy (non-hydrogen) atoms. The summed E-state index contributed by atoms with van der Waals surface area (Å²) in [5.41, 5.74) is 0.967. The maximum absolute atomic E-state index is 13.1. The minimum atomic E-state index is -4.43. The standard InChI is InChI=1S/C26H30F3N5O2/c1-4-5-6-18-12-23(31-19(14-35)9-15(2)3)34-25(32-18)24-30-13-20(33-24)22-11-16-10-17(26(27,28)29)7-8-21(16)36-22/h7-8,10-13,15,19,35H,4-6,9,14H2,1-3H3,(H,30,33)(H,31,32,34). The van der Waals surface area contributed by atoms with E-state index in [9.17, 15) is 18.3 Å². The average Bonchev–Trinajstić information content (AvgIpc) is 3.48. The van der Waals surface area contributed by atoms with Crippen molar-refractivity contribution in [2.45, 2.75) is 58.7 Å². The number of H-pyrrole nitrogens is 1. The van der Waals surface area contributed by atoms with Gasteiger partial charge in [-0.2, -0.15) is 13.2 Å². The van der Waals surface area contributed by atoms with Crippen molar-refractivity contribution in [1.29, 1.82) is 0 Å². The van der Waals surface area contributed by atoms with Gasteiger partial charge < -0.3 is 19.8 Å². The average molecular weight is 502 g/mol. The molecule has 0 saturated carbocycles. The normalized spacial score (nSPS) is 13.0. The number of hydrogen-bond acceptors (Lipinski definition) is 6. The van der Waals surface area contributed by atoms with Crippen LogP contribution in [0.15, 0.2) is 40.9 Å². The predicted molar refractivity (Wildman–Crippen MR) is 132 cm³/mol. The molecule has 7 nitrogen and oxygen atoms in total. The van der Waals surface area contributed by atoms with Gasteiger partial charge in [0.25, 0.3) is 0 Å². The summed E-state index contributed by atoms with van der Waals surface area (Å²) in [6.45, 7) is 6.27. The molecule has 10 heteroatoms. The molecular weight excluding hydrogens is 471 g/mol. The topological polar surface area (TPSA) is 99.9 Å². The molecule has 0 aliphatic rings. The number of alkyl halides is 3. The SMILES string of the molecule is CCCCc1cc(NC(CO)CC(C)C)nc(-c2ncc(-c3cc4cc(C(F)(F)F)ccc4o3)[nH]2)n1. The molecule has 0 amide bonds. The fraction of sp³-hybridized carbons (Fsp3) is 0.423. The van der Waals surface area contributed by atoms with E-state index in [0.717, 1.165) is 43.5 Å². The molecule has 0 radical (unpaired) electrons. The molecule has 0 aliphatic carbocycles. The van der Waals surface area contributed by atoms with E-state index in [2.05, 4.69) is 46.0 Å². The molecule has 0 aliphatic heterocycles. The Morgan fingerprint density at radius 2 is 1.94 bits per heavy atom. The first kappa shape index (κ1) is 25.7. The van der Waals surface area contributed by atoms with Crippen LogP contribution in [-0.4, -0.2) is 37.7 Å². The summed E-state index contributed by atoms with van der Waals surface area (Å²) < 4.78 is 44.9. The van der Waals surface area contributed by atoms with Crippen LogP contribution in [0.3, 0.4) is 0 Å². The van der Waals surface area contributed by atoms with E-state index >= 15 is 0 Å². The van der Waals surface area contributed by atoms with E-state index in [1.807, 2.05) is 6.07 Å². The van der Waals surface area contributed by atoms with Gasteiger partial charge in [0.15, 0.2) is 17.4 Å². The summed E-state index contributed by atoms with van der Waals surface area (Å²) in [4.78, 5) is 16.8. The molecule has 4 aromatic rings. The second kappa shape index (κ2) is 10.7. The number of anilines is 1. The lowest BCUT2D eigenvalue weighted by Gasteiger charge is -2.19. The van der Waals surface area contributed by atoms with Crippen molar-refractivity contribution in [3.63, 3.8) is 0 Å². The highest BCUT2D eigenvalue weighted by atomic mass is 19.4. The van der Waals surface area contributed by atoms with Crippen LogP contribution in [0.2, 0.25) is 0 Å². The number of aliphatic hydroxyl groups is 1. The Morgan fingerprint density at radius 1 is 1.14 bits per heavy atom. The Balaban J connectivity index is 1.64. The van der Waals surface area contributed by atoms with E-state index in [1.54, 1.807) is 12.3 Å². The Morgan fingerprint density at radius 3 is 2.64 bits per heavy atom. The number of imidazole rings is 1. The molecule has 0 spiro atoms. The summed E-state index contributed by atoms with van der Waals surface area (Å²) in [6.07, 6.45) is 0.654. The van der Waals surface area contributed by atoms with Gasteiger partial charge >= 0.3 is 6.18 Å². The first-order chi connectivity index (χ1) is 17.2. The fourth-order valence-corrected chi connectivity index (χ4v) is 4.03. The molecule has 0 bridgehead atoms. The summed E-state index contributed by atoms with van der Waals surface area (Å²) in [7, 11) is 0. The van der Waals surface area contributed by atoms with E-state index in [-0.39, 0.29) is 12.6 Å². The Kier molecular flexibility index (Phi) is 7.63. The summed E-state index contributed by atoms with van der Waals surface area (Å²) in [5, 5.41) is 13.4. The van der Waals surface area contributed by atoms with Crippen molar-refractivity contribution >= 4 is 16.8 Å².